The lowest BCUT2D eigenvalue weighted by Crippen LogP contribution is -2.47. The van der Waals surface area contributed by atoms with Crippen molar-refractivity contribution in [1.29, 1.82) is 0 Å². The van der Waals surface area contributed by atoms with Gasteiger partial charge in [0.05, 0.1) is 23.1 Å². The molecule has 0 amide bonds. The number of fused-ring (bicyclic) bond motifs is 1. The molecule has 3 heterocycles. The van der Waals surface area contributed by atoms with Crippen LogP contribution in [-0.4, -0.2) is 49.9 Å². The SMILES string of the molecule is CC1CN(C(c2sc3ncnn3c2O)c2c(F)cccc2Cl)CC(C)O1. The number of ether oxygens (including phenoxy) is 1. The highest BCUT2D eigenvalue weighted by atomic mass is 35.5. The van der Waals surface area contributed by atoms with E-state index >= 15 is 0 Å². The second kappa shape index (κ2) is 6.77. The average molecular weight is 397 g/mol. The van der Waals surface area contributed by atoms with E-state index in [2.05, 4.69) is 15.0 Å². The van der Waals surface area contributed by atoms with Crippen molar-refractivity contribution in [1.82, 2.24) is 19.5 Å². The number of nitrogens with zero attached hydrogens (tertiary/aromatic N) is 4. The predicted molar refractivity (Wildman–Crippen MR) is 97.4 cm³/mol. The number of aromatic nitrogens is 3. The minimum absolute atomic E-state index is 0.0175. The number of benzene rings is 1. The van der Waals surface area contributed by atoms with E-state index in [-0.39, 0.29) is 18.1 Å². The Bertz CT molecular complexity index is 916. The van der Waals surface area contributed by atoms with Gasteiger partial charge in [-0.3, -0.25) is 4.90 Å². The molecule has 2 aromatic heterocycles. The Balaban J connectivity index is 1.89. The van der Waals surface area contributed by atoms with Crippen LogP contribution in [0.1, 0.15) is 30.3 Å². The van der Waals surface area contributed by atoms with Crippen LogP contribution in [0, 0.1) is 5.82 Å². The minimum atomic E-state index is -0.550. The summed E-state index contributed by atoms with van der Waals surface area (Å²) in [5, 5.41) is 15.1. The number of thiazole rings is 1. The molecule has 1 N–H and O–H groups in total. The van der Waals surface area contributed by atoms with Crippen LogP contribution in [0.5, 0.6) is 5.88 Å². The molecule has 1 aliphatic heterocycles. The third-order valence-electron chi connectivity index (χ3n) is 4.47. The standard InChI is InChI=1S/C17H18ClFN4O2S/c1-9-6-22(7-10(2)25-9)14(13-11(18)4-3-5-12(13)19)15-16(24)23-17(26-15)20-8-21-23/h3-5,8-10,14,24H,6-7H2,1-2H3. The number of hydrogen-bond acceptors (Lipinski definition) is 6. The summed E-state index contributed by atoms with van der Waals surface area (Å²) < 4.78 is 22.0. The van der Waals surface area contributed by atoms with Gasteiger partial charge in [0.15, 0.2) is 0 Å². The smallest absolute Gasteiger partial charge is 0.230 e. The Kier molecular flexibility index (Phi) is 4.60. The van der Waals surface area contributed by atoms with Gasteiger partial charge in [0.25, 0.3) is 0 Å². The van der Waals surface area contributed by atoms with Crippen LogP contribution in [-0.2, 0) is 4.74 Å². The first-order valence-electron chi connectivity index (χ1n) is 8.30. The Morgan fingerprint density at radius 2 is 2.08 bits per heavy atom. The highest BCUT2D eigenvalue weighted by Gasteiger charge is 2.36. The minimum Gasteiger partial charge on any atom is -0.492 e. The first-order chi connectivity index (χ1) is 12.5. The zero-order valence-electron chi connectivity index (χ0n) is 14.3. The number of hydrogen-bond donors (Lipinski definition) is 1. The summed E-state index contributed by atoms with van der Waals surface area (Å²) in [6, 6.07) is 4.07. The quantitative estimate of drug-likeness (QED) is 0.734. The maximum Gasteiger partial charge on any atom is 0.230 e. The van der Waals surface area contributed by atoms with E-state index in [4.69, 9.17) is 16.3 Å². The van der Waals surface area contributed by atoms with Gasteiger partial charge in [-0.2, -0.15) is 9.61 Å². The van der Waals surface area contributed by atoms with E-state index in [9.17, 15) is 9.50 Å². The second-order valence-electron chi connectivity index (χ2n) is 6.49. The monoisotopic (exact) mass is 396 g/mol. The molecule has 1 saturated heterocycles. The van der Waals surface area contributed by atoms with E-state index in [0.717, 1.165) is 0 Å². The van der Waals surface area contributed by atoms with E-state index < -0.39 is 11.9 Å². The van der Waals surface area contributed by atoms with Gasteiger partial charge in [-0.15, -0.1) is 0 Å². The molecular weight excluding hydrogens is 379 g/mol. The molecule has 1 aliphatic rings. The highest BCUT2D eigenvalue weighted by Crippen LogP contribution is 2.43. The van der Waals surface area contributed by atoms with Crippen molar-refractivity contribution >= 4 is 27.9 Å². The third kappa shape index (κ3) is 2.96. The van der Waals surface area contributed by atoms with Crippen LogP contribution in [0.3, 0.4) is 0 Å². The summed E-state index contributed by atoms with van der Waals surface area (Å²) in [7, 11) is 0. The predicted octanol–water partition coefficient (Wildman–Crippen LogP) is 3.49. The number of rotatable bonds is 3. The van der Waals surface area contributed by atoms with Crippen LogP contribution < -0.4 is 0 Å². The van der Waals surface area contributed by atoms with Crippen molar-refractivity contribution in [2.75, 3.05) is 13.1 Å². The van der Waals surface area contributed by atoms with Crippen molar-refractivity contribution < 1.29 is 14.2 Å². The van der Waals surface area contributed by atoms with Gasteiger partial charge < -0.3 is 9.84 Å². The molecule has 3 unspecified atom stereocenters. The molecule has 0 radical (unpaired) electrons. The van der Waals surface area contributed by atoms with Gasteiger partial charge in [-0.1, -0.05) is 29.0 Å². The summed E-state index contributed by atoms with van der Waals surface area (Å²) in [5.74, 6) is -0.452. The van der Waals surface area contributed by atoms with Gasteiger partial charge in [0.1, 0.15) is 12.1 Å². The number of aromatic hydroxyl groups is 1. The Hall–Kier alpha value is -1.74. The molecule has 6 nitrogen and oxygen atoms in total. The molecule has 0 spiro atoms. The lowest BCUT2D eigenvalue weighted by Gasteiger charge is -2.40. The van der Waals surface area contributed by atoms with Crippen LogP contribution >= 0.6 is 22.9 Å². The number of halogens is 2. The lowest BCUT2D eigenvalue weighted by atomic mass is 10.0. The fourth-order valence-corrected chi connectivity index (χ4v) is 4.89. The molecule has 3 atom stereocenters. The van der Waals surface area contributed by atoms with E-state index in [1.807, 2.05) is 13.8 Å². The molecular formula is C17H18ClFN4O2S. The van der Waals surface area contributed by atoms with E-state index in [1.54, 1.807) is 12.1 Å². The zero-order valence-corrected chi connectivity index (χ0v) is 15.8. The molecule has 1 fully saturated rings. The topological polar surface area (TPSA) is 62.9 Å². The molecule has 26 heavy (non-hydrogen) atoms. The Morgan fingerprint density at radius 1 is 1.35 bits per heavy atom. The second-order valence-corrected chi connectivity index (χ2v) is 7.91. The maximum absolute atomic E-state index is 14.8. The van der Waals surface area contributed by atoms with Crippen molar-refractivity contribution in [3.8, 4) is 5.88 Å². The summed E-state index contributed by atoms with van der Waals surface area (Å²) in [6.45, 7) is 5.14. The van der Waals surface area contributed by atoms with Crippen LogP contribution in [0.2, 0.25) is 5.02 Å². The van der Waals surface area contributed by atoms with E-state index in [0.29, 0.717) is 33.5 Å². The van der Waals surface area contributed by atoms with Gasteiger partial charge in [0, 0.05) is 23.7 Å². The lowest BCUT2D eigenvalue weighted by molar-refractivity contribution is -0.0767. The maximum atomic E-state index is 14.8. The molecule has 4 rings (SSSR count). The van der Waals surface area contributed by atoms with Crippen LogP contribution in [0.25, 0.3) is 4.96 Å². The average Bonchev–Trinajstić information content (AvgIpc) is 3.14. The molecule has 0 aliphatic carbocycles. The summed E-state index contributed by atoms with van der Waals surface area (Å²) in [4.78, 5) is 7.34. The molecule has 9 heteroatoms. The molecule has 3 aromatic rings. The molecule has 138 valence electrons. The summed E-state index contributed by atoms with van der Waals surface area (Å²) >= 11 is 7.66. The Morgan fingerprint density at radius 3 is 2.73 bits per heavy atom. The zero-order chi connectivity index (χ0) is 18.4. The van der Waals surface area contributed by atoms with Gasteiger partial charge >= 0.3 is 0 Å². The van der Waals surface area contributed by atoms with Gasteiger partial charge in [-0.25, -0.2) is 9.37 Å². The summed E-state index contributed by atoms with van der Waals surface area (Å²) in [5.41, 5.74) is 0.343. The fourth-order valence-electron chi connectivity index (χ4n) is 3.55. The van der Waals surface area contributed by atoms with Gasteiger partial charge in [0.2, 0.25) is 10.8 Å². The number of morpholine rings is 1. The van der Waals surface area contributed by atoms with Crippen molar-refractivity contribution in [2.45, 2.75) is 32.1 Å². The molecule has 1 aromatic carbocycles. The highest BCUT2D eigenvalue weighted by molar-refractivity contribution is 7.17. The van der Waals surface area contributed by atoms with Crippen molar-refractivity contribution in [3.63, 3.8) is 0 Å². The van der Waals surface area contributed by atoms with Gasteiger partial charge in [-0.05, 0) is 26.0 Å². The first-order valence-corrected chi connectivity index (χ1v) is 9.50. The van der Waals surface area contributed by atoms with Crippen molar-refractivity contribution in [2.24, 2.45) is 0 Å². The summed E-state index contributed by atoms with van der Waals surface area (Å²) in [6.07, 6.45) is 1.34. The molecule has 0 saturated carbocycles. The normalized spacial score (nSPS) is 22.8. The van der Waals surface area contributed by atoms with Crippen LogP contribution in [0.15, 0.2) is 24.5 Å². The van der Waals surface area contributed by atoms with E-state index in [1.165, 1.54) is 28.2 Å². The van der Waals surface area contributed by atoms with Crippen LogP contribution in [0.4, 0.5) is 4.39 Å². The largest absolute Gasteiger partial charge is 0.492 e. The fraction of sp³-hybridized carbons (Fsp3) is 0.412. The molecule has 0 bridgehead atoms. The Labute approximate surface area is 158 Å². The third-order valence-corrected chi connectivity index (χ3v) is 5.89. The van der Waals surface area contributed by atoms with Crippen molar-refractivity contribution in [3.05, 3.63) is 45.8 Å². The first kappa shape index (κ1) is 17.7.